The molecule has 4 heteroatoms. The topological polar surface area (TPSA) is 0 Å². The van der Waals surface area contributed by atoms with E-state index in [1.807, 2.05) is 0 Å². The minimum absolute atomic E-state index is 0. The summed E-state index contributed by atoms with van der Waals surface area (Å²) in [6, 6.07) is 0. The van der Waals surface area contributed by atoms with Gasteiger partial charge in [0.1, 0.15) is 0 Å². The van der Waals surface area contributed by atoms with Gasteiger partial charge in [-0.15, -0.1) is 0 Å². The van der Waals surface area contributed by atoms with Crippen molar-refractivity contribution >= 4 is 27.3 Å². The molecule has 0 unspecified atom stereocenters. The molecule has 0 saturated heterocycles. The fraction of sp³-hybridized carbons (Fsp3) is 0. The monoisotopic (exact) mass is 274 g/mol. The molecule has 0 heterocycles. The van der Waals surface area contributed by atoms with Crippen LogP contribution < -0.4 is 0 Å². The van der Waals surface area contributed by atoms with Crippen molar-refractivity contribution in [3.05, 3.63) is 0 Å². The Bertz CT molecular complexity index is 27.0. The third-order valence-corrected chi connectivity index (χ3v) is 0. The van der Waals surface area contributed by atoms with Gasteiger partial charge in [0.2, 0.25) is 0 Å². The van der Waals surface area contributed by atoms with Crippen LogP contribution in [0.15, 0.2) is 0 Å². The summed E-state index contributed by atoms with van der Waals surface area (Å²) in [6.07, 6.45) is 0. The third-order valence-electron chi connectivity index (χ3n) is 0. The van der Waals surface area contributed by atoms with Crippen molar-refractivity contribution in [3.8, 4) is 0 Å². The molecule has 0 aliphatic carbocycles. The first kappa shape index (κ1) is 9.41. The summed E-state index contributed by atoms with van der Waals surface area (Å²) < 4.78 is 0. The molecule has 0 aromatic heterocycles. The van der Waals surface area contributed by atoms with Crippen LogP contribution in [0.3, 0.4) is 0 Å². The van der Waals surface area contributed by atoms with Gasteiger partial charge in [0.25, 0.3) is 0 Å². The predicted octanol–water partition coefficient (Wildman–Crippen LogP) is -0.767. The molecule has 0 nitrogen and oxygen atoms in total. The average Bonchev–Trinajstić information content (AvgIpc) is 0.918. The molecule has 0 spiro atoms. The molecule has 0 bridgehead atoms. The second-order valence-electron chi connectivity index (χ2n) is 0.0589. The summed E-state index contributed by atoms with van der Waals surface area (Å²) in [6.45, 7) is 0. The van der Waals surface area contributed by atoms with Gasteiger partial charge in [0.15, 0.2) is 0 Å². The van der Waals surface area contributed by atoms with Gasteiger partial charge in [-0.25, -0.2) is 0 Å². The summed E-state index contributed by atoms with van der Waals surface area (Å²) in [7, 11) is 1.00. The van der Waals surface area contributed by atoms with Gasteiger partial charge in [-0.2, -0.15) is 0 Å². The summed E-state index contributed by atoms with van der Waals surface area (Å²) >= 11 is 5.50. The van der Waals surface area contributed by atoms with Crippen molar-refractivity contribution in [1.29, 1.82) is 0 Å². The van der Waals surface area contributed by atoms with Gasteiger partial charge in [0, 0.05) is 16.5 Å². The molecule has 0 atom stereocenters. The normalized spacial score (nSPS) is 4.00. The van der Waals surface area contributed by atoms with Crippen molar-refractivity contribution in [3.63, 3.8) is 0 Å². The van der Waals surface area contributed by atoms with Gasteiger partial charge in [-0.1, -0.05) is 0 Å². The number of rotatable bonds is 0. The van der Waals surface area contributed by atoms with Crippen LogP contribution in [-0.4, -0.2) is 27.3 Å². The molecule has 0 aromatic carbocycles. The molecule has 30 valence electrons. The van der Waals surface area contributed by atoms with Gasteiger partial charge in [-0.3, -0.25) is 0 Å². The molecule has 0 aliphatic heterocycles. The van der Waals surface area contributed by atoms with Gasteiger partial charge >= 0.3 is 37.5 Å². The molecule has 0 saturated carbocycles. The predicted molar refractivity (Wildman–Crippen MR) is 11.5 cm³/mol. The van der Waals surface area contributed by atoms with Crippen LogP contribution in [0.5, 0.6) is 0 Å². The van der Waals surface area contributed by atoms with E-state index in [0.29, 0.717) is 0 Å². The Morgan fingerprint density at radius 2 is 1.25 bits per heavy atom. The van der Waals surface area contributed by atoms with Crippen molar-refractivity contribution in [2.45, 2.75) is 0 Å². The van der Waals surface area contributed by atoms with Gasteiger partial charge < -0.3 is 0 Å². The van der Waals surface area contributed by atoms with Crippen LogP contribution in [0.2, 0.25) is 0 Å². The third kappa shape index (κ3) is 8.96. The quantitative estimate of drug-likeness (QED) is 0.508. The Kier molecular flexibility index (Phi) is 20.9. The standard InChI is InChI=1S/Fe.Ni.2Se. The zero-order valence-electron chi connectivity index (χ0n) is 1.49. The fourth-order valence-electron chi connectivity index (χ4n) is 0. The molecular weight excluding hydrogens is 272 g/mol. The van der Waals surface area contributed by atoms with Gasteiger partial charge in [-0.05, 0) is 0 Å². The van der Waals surface area contributed by atoms with Crippen LogP contribution in [0.25, 0.3) is 0 Å². The van der Waals surface area contributed by atoms with E-state index in [2.05, 4.69) is 27.3 Å². The van der Waals surface area contributed by atoms with E-state index < -0.39 is 0 Å². The Balaban J connectivity index is 0. The molecule has 0 aliphatic rings. The summed E-state index contributed by atoms with van der Waals surface area (Å²) in [5, 5.41) is 0. The van der Waals surface area contributed by atoms with Crippen LogP contribution in [0.4, 0.5) is 0 Å². The van der Waals surface area contributed by atoms with Crippen LogP contribution in [0, 0.1) is 0 Å². The summed E-state index contributed by atoms with van der Waals surface area (Å²) in [5.74, 6) is 0. The van der Waals surface area contributed by atoms with E-state index >= 15 is 0 Å². The van der Waals surface area contributed by atoms with Crippen LogP contribution in [0.1, 0.15) is 0 Å². The Labute approximate surface area is 53.5 Å². The minimum atomic E-state index is 0. The number of hydrogen-bond acceptors (Lipinski definition) is 0. The first-order chi connectivity index (χ1) is 1.41. The first-order valence-electron chi connectivity index (χ1n) is 0.289. The molecule has 0 amide bonds. The van der Waals surface area contributed by atoms with E-state index in [9.17, 15) is 0 Å². The van der Waals surface area contributed by atoms with Crippen molar-refractivity contribution in [2.75, 3.05) is 0 Å². The van der Waals surface area contributed by atoms with Crippen LogP contribution in [-0.2, 0) is 26.7 Å². The second-order valence-corrected chi connectivity index (χ2v) is 6.56. The van der Waals surface area contributed by atoms with Crippen LogP contribution >= 0.6 is 0 Å². The molecule has 0 radical (unpaired) electrons. The van der Waals surface area contributed by atoms with Crippen molar-refractivity contribution in [2.24, 2.45) is 0 Å². The molecule has 4 heavy (non-hydrogen) atoms. The zero-order valence-corrected chi connectivity index (χ0v) is 7.00. The van der Waals surface area contributed by atoms with E-state index in [-0.39, 0.29) is 16.5 Å². The molecular formula is FeNiSe2. The van der Waals surface area contributed by atoms with E-state index in [1.165, 1.54) is 0 Å². The maximum absolute atomic E-state index is 2.75. The Morgan fingerprint density at radius 3 is 1.25 bits per heavy atom. The molecule has 0 rings (SSSR count). The summed E-state index contributed by atoms with van der Waals surface area (Å²) in [4.78, 5) is 0. The van der Waals surface area contributed by atoms with E-state index in [4.69, 9.17) is 0 Å². The SMILES string of the molecule is [Ni].[Se]=[Fe]=[Se]. The van der Waals surface area contributed by atoms with E-state index in [0.717, 1.165) is 10.2 Å². The van der Waals surface area contributed by atoms with Crippen molar-refractivity contribution < 1.29 is 26.7 Å². The maximum atomic E-state index is 2.75. The molecule has 0 fully saturated rings. The van der Waals surface area contributed by atoms with Crippen molar-refractivity contribution in [1.82, 2.24) is 0 Å². The fourth-order valence-corrected chi connectivity index (χ4v) is 0. The Morgan fingerprint density at radius 1 is 1.25 bits per heavy atom. The van der Waals surface area contributed by atoms with Gasteiger partial charge in [0.05, 0.1) is 0 Å². The molecule has 0 N–H and O–H groups in total. The Hall–Kier alpha value is 2.05. The molecule has 0 aromatic rings. The number of hydrogen-bond donors (Lipinski definition) is 0. The average molecular weight is 272 g/mol. The van der Waals surface area contributed by atoms with E-state index in [1.54, 1.807) is 0 Å². The summed E-state index contributed by atoms with van der Waals surface area (Å²) in [5.41, 5.74) is 0. The first-order valence-corrected chi connectivity index (χ1v) is 6.18. The second kappa shape index (κ2) is 8.90. The zero-order chi connectivity index (χ0) is 2.71.